The maximum absolute atomic E-state index is 13.3. The number of carboxylic acids is 1. The molecule has 1 aromatic carbocycles. The van der Waals surface area contributed by atoms with Crippen LogP contribution in [0.2, 0.25) is 0 Å². The van der Waals surface area contributed by atoms with Gasteiger partial charge in [0, 0.05) is 35.7 Å². The summed E-state index contributed by atoms with van der Waals surface area (Å²) in [6.07, 6.45) is 2.96. The van der Waals surface area contributed by atoms with E-state index in [4.69, 9.17) is 25.1 Å². The minimum atomic E-state index is -0.870. The van der Waals surface area contributed by atoms with Gasteiger partial charge in [0.15, 0.2) is 11.5 Å². The standard InChI is InChI=1S/C28H36N6O6S/c1-4-22-26(19(2)17-30-3)40-16-15-39-14-13-38-12-11-34(10-9-24(35)36)41-21-7-5-20(6-8-21)23-18-31-27(29)25(32-23)28(37)33-22/h4-8,18,30H,1-2,9-17H2,3H3,(H2,29,31)(H,33,37)(H,35,36)/b26-22-. The summed E-state index contributed by atoms with van der Waals surface area (Å²) in [6.45, 7) is 10.8. The number of anilines is 1. The van der Waals surface area contributed by atoms with E-state index in [2.05, 4.69) is 33.8 Å². The first-order chi connectivity index (χ1) is 19.8. The van der Waals surface area contributed by atoms with Gasteiger partial charge in [0.25, 0.3) is 5.91 Å². The quantitative estimate of drug-likeness (QED) is 0.278. The van der Waals surface area contributed by atoms with Crippen molar-refractivity contribution in [1.29, 1.82) is 0 Å². The molecule has 13 heteroatoms. The van der Waals surface area contributed by atoms with Gasteiger partial charge in [-0.1, -0.05) is 25.3 Å². The number of hydrogen-bond donors (Lipinski definition) is 4. The molecule has 0 saturated heterocycles. The topological polar surface area (TPSA) is 161 Å². The molecule has 0 atom stereocenters. The molecule has 1 amide bonds. The zero-order valence-corrected chi connectivity index (χ0v) is 23.9. The van der Waals surface area contributed by atoms with Crippen LogP contribution in [0.3, 0.4) is 0 Å². The Kier molecular flexibility index (Phi) is 12.8. The Hall–Kier alpha value is -3.75. The average Bonchev–Trinajstić information content (AvgIpc) is 2.96. The first kappa shape index (κ1) is 31.8. The molecule has 3 heterocycles. The number of carbonyl (C=O) groups is 2. The number of nitrogens with one attached hydrogen (secondary N) is 2. The van der Waals surface area contributed by atoms with Crippen LogP contribution in [0, 0.1) is 0 Å². The van der Waals surface area contributed by atoms with Crippen LogP contribution in [-0.4, -0.2) is 91.0 Å². The van der Waals surface area contributed by atoms with Crippen LogP contribution in [0.5, 0.6) is 0 Å². The lowest BCUT2D eigenvalue weighted by Gasteiger charge is -2.20. The Morgan fingerprint density at radius 2 is 1.93 bits per heavy atom. The highest BCUT2D eigenvalue weighted by Gasteiger charge is 2.19. The number of amides is 1. The van der Waals surface area contributed by atoms with Gasteiger partial charge in [-0.05, 0) is 37.2 Å². The van der Waals surface area contributed by atoms with E-state index in [0.717, 1.165) is 10.5 Å². The number of carboxylic acid groups (broad SMARTS) is 1. The Bertz CT molecular complexity index is 1250. The van der Waals surface area contributed by atoms with Crippen LogP contribution >= 0.6 is 11.9 Å². The van der Waals surface area contributed by atoms with Gasteiger partial charge in [-0.25, -0.2) is 14.3 Å². The number of nitrogens with zero attached hydrogens (tertiary/aromatic N) is 3. The SMILES string of the molecule is C=C/C1=C(\C(=C)CNC)OCCOCCOCCN(CCC(=O)O)Sc2ccc(cc2)-c2cnc(N)c(n2)C(=O)N1. The van der Waals surface area contributed by atoms with E-state index in [0.29, 0.717) is 62.2 Å². The van der Waals surface area contributed by atoms with E-state index in [-0.39, 0.29) is 31.1 Å². The summed E-state index contributed by atoms with van der Waals surface area (Å²) in [5, 5.41) is 14.9. The van der Waals surface area contributed by atoms with Crippen molar-refractivity contribution in [2.75, 3.05) is 65.5 Å². The Morgan fingerprint density at radius 1 is 1.22 bits per heavy atom. The van der Waals surface area contributed by atoms with Gasteiger partial charge in [-0.15, -0.1) is 0 Å². The number of allylic oxidation sites excluding steroid dienone is 1. The summed E-state index contributed by atoms with van der Waals surface area (Å²) in [5.74, 6) is -1.13. The Labute approximate surface area is 243 Å². The van der Waals surface area contributed by atoms with Gasteiger partial charge in [0.1, 0.15) is 12.4 Å². The number of carbonyl (C=O) groups excluding carboxylic acids is 1. The third-order valence-corrected chi connectivity index (χ3v) is 6.82. The highest BCUT2D eigenvalue weighted by molar-refractivity contribution is 7.97. The number of fused-ring (bicyclic) bond motifs is 15. The molecule has 220 valence electrons. The smallest absolute Gasteiger partial charge is 0.304 e. The van der Waals surface area contributed by atoms with Crippen molar-refractivity contribution in [2.24, 2.45) is 0 Å². The van der Waals surface area contributed by atoms with E-state index in [9.17, 15) is 9.59 Å². The van der Waals surface area contributed by atoms with Gasteiger partial charge in [-0.2, -0.15) is 0 Å². The lowest BCUT2D eigenvalue weighted by atomic mass is 10.1. The number of aromatic nitrogens is 2. The second-order valence-corrected chi connectivity index (χ2v) is 9.96. The molecule has 0 unspecified atom stereocenters. The summed E-state index contributed by atoms with van der Waals surface area (Å²) in [5.41, 5.74) is 8.07. The van der Waals surface area contributed by atoms with Crippen LogP contribution in [-0.2, 0) is 19.0 Å². The van der Waals surface area contributed by atoms with Crippen LogP contribution in [0.4, 0.5) is 5.82 Å². The van der Waals surface area contributed by atoms with Gasteiger partial charge in [0.2, 0.25) is 0 Å². The molecule has 41 heavy (non-hydrogen) atoms. The Morgan fingerprint density at radius 3 is 2.61 bits per heavy atom. The van der Waals surface area contributed by atoms with Crippen LogP contribution in [0.1, 0.15) is 16.9 Å². The molecule has 5 N–H and O–H groups in total. The van der Waals surface area contributed by atoms with Crippen molar-refractivity contribution in [3.05, 3.63) is 72.4 Å². The van der Waals surface area contributed by atoms with Gasteiger partial charge >= 0.3 is 5.97 Å². The summed E-state index contributed by atoms with van der Waals surface area (Å²) >= 11 is 1.44. The molecule has 2 aromatic rings. The van der Waals surface area contributed by atoms with Crippen molar-refractivity contribution in [3.8, 4) is 11.3 Å². The minimum absolute atomic E-state index is 0.00477. The average molecular weight is 585 g/mol. The molecule has 2 aliphatic rings. The van der Waals surface area contributed by atoms with Crippen molar-refractivity contribution >= 4 is 29.6 Å². The molecule has 2 aliphatic heterocycles. The maximum atomic E-state index is 13.3. The molecular weight excluding hydrogens is 548 g/mol. The van der Waals surface area contributed by atoms with Gasteiger partial charge in [-0.3, -0.25) is 9.59 Å². The highest BCUT2D eigenvalue weighted by Crippen LogP contribution is 2.26. The summed E-state index contributed by atoms with van der Waals surface area (Å²) in [7, 11) is 1.77. The van der Waals surface area contributed by atoms with Gasteiger partial charge < -0.3 is 35.7 Å². The normalized spacial score (nSPS) is 17.9. The summed E-state index contributed by atoms with van der Waals surface area (Å²) in [6, 6.07) is 7.48. The minimum Gasteiger partial charge on any atom is -0.489 e. The fourth-order valence-electron chi connectivity index (χ4n) is 3.70. The number of ether oxygens (including phenoxy) is 3. The number of hydrogen-bond acceptors (Lipinski definition) is 11. The molecule has 12 nitrogen and oxygen atoms in total. The first-order valence-electron chi connectivity index (χ1n) is 13.0. The zero-order chi connectivity index (χ0) is 29.6. The van der Waals surface area contributed by atoms with E-state index < -0.39 is 11.9 Å². The van der Waals surface area contributed by atoms with Crippen LogP contribution < -0.4 is 16.4 Å². The summed E-state index contributed by atoms with van der Waals surface area (Å²) in [4.78, 5) is 34.0. The molecule has 4 bridgehead atoms. The molecule has 0 radical (unpaired) electrons. The van der Waals surface area contributed by atoms with E-state index in [1.54, 1.807) is 7.05 Å². The predicted octanol–water partition coefficient (Wildman–Crippen LogP) is 2.48. The largest absolute Gasteiger partial charge is 0.489 e. The molecular formula is C28H36N6O6S. The second-order valence-electron chi connectivity index (χ2n) is 8.79. The van der Waals surface area contributed by atoms with Crippen LogP contribution in [0.15, 0.2) is 71.6 Å². The lowest BCUT2D eigenvalue weighted by molar-refractivity contribution is -0.137. The van der Waals surface area contributed by atoms with E-state index >= 15 is 0 Å². The lowest BCUT2D eigenvalue weighted by Crippen LogP contribution is -2.27. The number of nitrogens with two attached hydrogens (primary N) is 1. The number of nitrogen functional groups attached to an aromatic ring is 1. The third kappa shape index (κ3) is 9.99. The predicted molar refractivity (Wildman–Crippen MR) is 157 cm³/mol. The number of benzene rings is 1. The highest BCUT2D eigenvalue weighted by atomic mass is 32.2. The fraction of sp³-hybridized carbons (Fsp3) is 0.357. The Balaban J connectivity index is 1.92. The zero-order valence-electron chi connectivity index (χ0n) is 23.1. The third-order valence-electron chi connectivity index (χ3n) is 5.71. The maximum Gasteiger partial charge on any atom is 0.304 e. The molecule has 4 rings (SSSR count). The fourth-order valence-corrected chi connectivity index (χ4v) is 4.60. The molecule has 0 saturated carbocycles. The van der Waals surface area contributed by atoms with E-state index in [1.165, 1.54) is 24.2 Å². The monoisotopic (exact) mass is 584 g/mol. The van der Waals surface area contributed by atoms with Crippen molar-refractivity contribution in [3.63, 3.8) is 0 Å². The molecule has 0 fully saturated rings. The second kappa shape index (κ2) is 16.5. The van der Waals surface area contributed by atoms with Gasteiger partial charge in [0.05, 0.1) is 50.4 Å². The summed E-state index contributed by atoms with van der Waals surface area (Å²) < 4.78 is 19.2. The number of likely N-dealkylation sites (N-methyl/N-ethyl adjacent to an activating group) is 1. The van der Waals surface area contributed by atoms with E-state index in [1.807, 2.05) is 28.6 Å². The van der Waals surface area contributed by atoms with Crippen molar-refractivity contribution in [1.82, 2.24) is 24.9 Å². The number of rotatable bonds is 7. The molecule has 0 aliphatic carbocycles. The van der Waals surface area contributed by atoms with Crippen molar-refractivity contribution in [2.45, 2.75) is 11.3 Å². The molecule has 0 spiro atoms. The first-order valence-corrected chi connectivity index (χ1v) is 13.8. The van der Waals surface area contributed by atoms with Crippen LogP contribution in [0.25, 0.3) is 11.3 Å². The van der Waals surface area contributed by atoms with Crippen molar-refractivity contribution < 1.29 is 28.9 Å². The number of aliphatic carboxylic acids is 1. The molecule has 1 aromatic heterocycles.